The van der Waals surface area contributed by atoms with Crippen LogP contribution in [0.5, 0.6) is 0 Å². The lowest BCUT2D eigenvalue weighted by molar-refractivity contribution is 0.0925. The van der Waals surface area contributed by atoms with Gasteiger partial charge in [0.25, 0.3) is 0 Å². The smallest absolute Gasteiger partial charge is 0.180 e. The standard InChI is InChI=1S/C24H32N6O3S/c1-4-17-15-33-12-11-30(17)22-14-21(24(34(3,31)32)7-9-25-10-8-24)28-23(29-22)19-6-5-18-20(27-19)13-16(2)26-18/h5-6,13-14,17,25-26H,4,7-12,15H2,1-3H3. The van der Waals surface area contributed by atoms with Crippen LogP contribution >= 0.6 is 0 Å². The van der Waals surface area contributed by atoms with Crippen LogP contribution < -0.4 is 10.2 Å². The fourth-order valence-electron chi connectivity index (χ4n) is 5.14. The second kappa shape index (κ2) is 8.90. The normalized spacial score (nSPS) is 21.1. The third-order valence-electron chi connectivity index (χ3n) is 7.13. The highest BCUT2D eigenvalue weighted by Gasteiger charge is 2.45. The number of fused-ring (bicyclic) bond motifs is 1. The van der Waals surface area contributed by atoms with E-state index >= 15 is 0 Å². The number of morpholine rings is 1. The molecule has 10 heteroatoms. The van der Waals surface area contributed by atoms with Gasteiger partial charge in [-0.2, -0.15) is 0 Å². The highest BCUT2D eigenvalue weighted by Crippen LogP contribution is 2.39. The van der Waals surface area contributed by atoms with Gasteiger partial charge in [-0.15, -0.1) is 0 Å². The molecule has 0 amide bonds. The van der Waals surface area contributed by atoms with Crippen LogP contribution in [-0.2, 0) is 19.3 Å². The van der Waals surface area contributed by atoms with E-state index in [-0.39, 0.29) is 6.04 Å². The molecule has 0 radical (unpaired) electrons. The SMILES string of the molecule is CCC1COCCN1c1cc(C2(S(C)(=O)=O)CCNCC2)nc(-c2ccc3[nH]c(C)cc3n2)n1. The van der Waals surface area contributed by atoms with Gasteiger partial charge in [-0.1, -0.05) is 6.92 Å². The van der Waals surface area contributed by atoms with Gasteiger partial charge in [0, 0.05) is 24.6 Å². The Hall–Kier alpha value is -2.56. The first-order valence-corrected chi connectivity index (χ1v) is 13.8. The summed E-state index contributed by atoms with van der Waals surface area (Å²) in [5, 5.41) is 3.29. The first kappa shape index (κ1) is 23.2. The Labute approximate surface area is 200 Å². The number of H-pyrrole nitrogens is 1. The molecule has 2 aliphatic heterocycles. The number of hydrogen-bond donors (Lipinski definition) is 2. The Morgan fingerprint density at radius 3 is 2.71 bits per heavy atom. The molecule has 34 heavy (non-hydrogen) atoms. The highest BCUT2D eigenvalue weighted by molar-refractivity contribution is 7.91. The van der Waals surface area contributed by atoms with E-state index in [1.165, 1.54) is 6.26 Å². The zero-order valence-corrected chi connectivity index (χ0v) is 20.8. The van der Waals surface area contributed by atoms with Gasteiger partial charge in [0.05, 0.1) is 36.0 Å². The molecule has 2 fully saturated rings. The molecule has 3 aromatic heterocycles. The number of aryl methyl sites for hydroxylation is 1. The molecule has 5 rings (SSSR count). The summed E-state index contributed by atoms with van der Waals surface area (Å²) < 4.78 is 31.1. The Balaban J connectivity index is 1.70. The molecule has 2 saturated heterocycles. The number of ether oxygens (including phenoxy) is 1. The van der Waals surface area contributed by atoms with Crippen molar-refractivity contribution in [2.45, 2.75) is 43.9 Å². The van der Waals surface area contributed by atoms with Crippen LogP contribution in [-0.4, -0.2) is 73.5 Å². The molecule has 5 heterocycles. The Kier molecular flexibility index (Phi) is 6.07. The van der Waals surface area contributed by atoms with Crippen molar-refractivity contribution in [2.24, 2.45) is 0 Å². The van der Waals surface area contributed by atoms with Gasteiger partial charge in [-0.05, 0) is 57.5 Å². The lowest BCUT2D eigenvalue weighted by Crippen LogP contribution is -2.47. The average Bonchev–Trinajstić information content (AvgIpc) is 3.22. The lowest BCUT2D eigenvalue weighted by Gasteiger charge is -2.38. The van der Waals surface area contributed by atoms with E-state index in [4.69, 9.17) is 19.7 Å². The predicted octanol–water partition coefficient (Wildman–Crippen LogP) is 2.57. The fourth-order valence-corrected chi connectivity index (χ4v) is 6.57. The fraction of sp³-hybridized carbons (Fsp3) is 0.542. The summed E-state index contributed by atoms with van der Waals surface area (Å²) in [6.07, 6.45) is 3.19. The molecule has 1 atom stereocenters. The number of aromatic nitrogens is 4. The maximum atomic E-state index is 13.2. The number of nitrogens with zero attached hydrogens (tertiary/aromatic N) is 4. The van der Waals surface area contributed by atoms with Crippen molar-refractivity contribution in [3.63, 3.8) is 0 Å². The van der Waals surface area contributed by atoms with E-state index in [0.29, 0.717) is 62.9 Å². The molecule has 2 aliphatic rings. The van der Waals surface area contributed by atoms with E-state index in [1.54, 1.807) is 0 Å². The van der Waals surface area contributed by atoms with Gasteiger partial charge in [-0.25, -0.2) is 23.4 Å². The summed E-state index contributed by atoms with van der Waals surface area (Å²) in [4.78, 5) is 20.1. The van der Waals surface area contributed by atoms with Gasteiger partial charge < -0.3 is 19.9 Å². The number of anilines is 1. The molecule has 3 aromatic rings. The summed E-state index contributed by atoms with van der Waals surface area (Å²) >= 11 is 0. The molecule has 0 saturated carbocycles. The van der Waals surface area contributed by atoms with Crippen LogP contribution in [0.15, 0.2) is 24.3 Å². The van der Waals surface area contributed by atoms with Crippen LogP contribution in [0.2, 0.25) is 0 Å². The zero-order chi connectivity index (χ0) is 23.9. The minimum Gasteiger partial charge on any atom is -0.377 e. The van der Waals surface area contributed by atoms with Crippen LogP contribution in [0.3, 0.4) is 0 Å². The third-order valence-corrected chi connectivity index (χ3v) is 9.17. The van der Waals surface area contributed by atoms with Crippen molar-refractivity contribution >= 4 is 26.7 Å². The quantitative estimate of drug-likeness (QED) is 0.568. The van der Waals surface area contributed by atoms with Gasteiger partial charge in [0.15, 0.2) is 15.7 Å². The summed E-state index contributed by atoms with van der Waals surface area (Å²) in [6.45, 7) is 7.31. The van der Waals surface area contributed by atoms with Crippen molar-refractivity contribution < 1.29 is 13.2 Å². The molecular weight excluding hydrogens is 452 g/mol. The number of hydrogen-bond acceptors (Lipinski definition) is 8. The van der Waals surface area contributed by atoms with Crippen molar-refractivity contribution in [2.75, 3.05) is 44.0 Å². The van der Waals surface area contributed by atoms with E-state index in [0.717, 1.165) is 29.0 Å². The van der Waals surface area contributed by atoms with Crippen molar-refractivity contribution in [1.82, 2.24) is 25.3 Å². The number of sulfone groups is 1. The average molecular weight is 485 g/mol. The Morgan fingerprint density at radius 2 is 1.97 bits per heavy atom. The Morgan fingerprint density at radius 1 is 1.18 bits per heavy atom. The molecule has 2 N–H and O–H groups in total. The number of rotatable bonds is 5. The monoisotopic (exact) mass is 484 g/mol. The van der Waals surface area contributed by atoms with Crippen molar-refractivity contribution in [1.29, 1.82) is 0 Å². The van der Waals surface area contributed by atoms with E-state index in [1.807, 2.05) is 31.2 Å². The van der Waals surface area contributed by atoms with Crippen molar-refractivity contribution in [3.05, 3.63) is 35.7 Å². The van der Waals surface area contributed by atoms with Crippen LogP contribution in [0, 0.1) is 6.92 Å². The first-order valence-electron chi connectivity index (χ1n) is 11.9. The molecule has 182 valence electrons. The summed E-state index contributed by atoms with van der Waals surface area (Å²) in [5.41, 5.74) is 4.00. The van der Waals surface area contributed by atoms with Gasteiger partial charge in [0.1, 0.15) is 16.3 Å². The van der Waals surface area contributed by atoms with E-state index < -0.39 is 14.6 Å². The molecular formula is C24H32N6O3S. The number of nitrogens with one attached hydrogen (secondary N) is 2. The second-order valence-corrected chi connectivity index (χ2v) is 11.7. The van der Waals surface area contributed by atoms with E-state index in [9.17, 15) is 8.42 Å². The summed E-state index contributed by atoms with van der Waals surface area (Å²) in [6, 6.07) is 7.93. The minimum atomic E-state index is -3.44. The largest absolute Gasteiger partial charge is 0.377 e. The topological polar surface area (TPSA) is 113 Å². The van der Waals surface area contributed by atoms with Crippen LogP contribution in [0.4, 0.5) is 5.82 Å². The molecule has 1 unspecified atom stereocenters. The number of piperidine rings is 1. The van der Waals surface area contributed by atoms with Crippen molar-refractivity contribution in [3.8, 4) is 11.5 Å². The highest BCUT2D eigenvalue weighted by atomic mass is 32.2. The summed E-state index contributed by atoms with van der Waals surface area (Å²) in [7, 11) is -3.44. The molecule has 9 nitrogen and oxygen atoms in total. The van der Waals surface area contributed by atoms with Gasteiger partial charge in [-0.3, -0.25) is 0 Å². The maximum Gasteiger partial charge on any atom is 0.180 e. The van der Waals surface area contributed by atoms with Gasteiger partial charge >= 0.3 is 0 Å². The lowest BCUT2D eigenvalue weighted by atomic mass is 9.92. The van der Waals surface area contributed by atoms with Crippen LogP contribution in [0.25, 0.3) is 22.6 Å². The van der Waals surface area contributed by atoms with Gasteiger partial charge in [0.2, 0.25) is 0 Å². The predicted molar refractivity (Wildman–Crippen MR) is 133 cm³/mol. The third kappa shape index (κ3) is 4.08. The molecule has 0 aliphatic carbocycles. The summed E-state index contributed by atoms with van der Waals surface area (Å²) in [5.74, 6) is 1.19. The number of aromatic amines is 1. The maximum absolute atomic E-state index is 13.2. The molecule has 0 spiro atoms. The van der Waals surface area contributed by atoms with E-state index in [2.05, 4.69) is 22.1 Å². The second-order valence-electron chi connectivity index (χ2n) is 9.36. The first-order chi connectivity index (χ1) is 16.3. The Bertz CT molecular complexity index is 1300. The minimum absolute atomic E-state index is 0.175. The zero-order valence-electron chi connectivity index (χ0n) is 20.0. The number of pyridine rings is 1. The van der Waals surface area contributed by atoms with Crippen LogP contribution in [0.1, 0.15) is 37.6 Å². The molecule has 0 aromatic carbocycles. The molecule has 0 bridgehead atoms.